The summed E-state index contributed by atoms with van der Waals surface area (Å²) in [4.78, 5) is 7.21. The molecule has 0 N–H and O–H groups in total. The van der Waals surface area contributed by atoms with Crippen molar-refractivity contribution in [3.63, 3.8) is 0 Å². The molecule has 35 heavy (non-hydrogen) atoms. The number of nitrogens with zero attached hydrogens (tertiary/aromatic N) is 6. The normalized spacial score (nSPS) is 26.0. The highest BCUT2D eigenvalue weighted by atomic mass is 35.5. The third-order valence-corrected chi connectivity index (χ3v) is 8.22. The van der Waals surface area contributed by atoms with Gasteiger partial charge in [-0.15, -0.1) is 5.10 Å². The minimum atomic E-state index is -1.42. The fraction of sp³-hybridized carbons (Fsp3) is 0.520. The number of piperidine rings is 1. The molecule has 2 aromatic heterocycles. The van der Waals surface area contributed by atoms with Gasteiger partial charge < -0.3 is 4.90 Å². The number of benzene rings is 1. The lowest BCUT2D eigenvalue weighted by Crippen LogP contribution is -2.42. The second-order valence-corrected chi connectivity index (χ2v) is 10.4. The Morgan fingerprint density at radius 3 is 2.57 bits per heavy atom. The smallest absolute Gasteiger partial charge is 0.194 e. The van der Waals surface area contributed by atoms with Crippen molar-refractivity contribution in [2.24, 2.45) is 17.8 Å². The van der Waals surface area contributed by atoms with Crippen molar-refractivity contribution < 1.29 is 13.2 Å². The number of rotatable bonds is 4. The van der Waals surface area contributed by atoms with Crippen LogP contribution >= 0.6 is 11.6 Å². The zero-order valence-corrected chi connectivity index (χ0v) is 19.9. The van der Waals surface area contributed by atoms with Gasteiger partial charge in [0, 0.05) is 43.6 Å². The summed E-state index contributed by atoms with van der Waals surface area (Å²) in [7, 11) is 0. The maximum atomic E-state index is 14.7. The molecule has 0 radical (unpaired) electrons. The summed E-state index contributed by atoms with van der Waals surface area (Å²) in [5, 5.41) is 13.0. The number of halogens is 4. The molecule has 6 nitrogen and oxygen atoms in total. The fourth-order valence-electron chi connectivity index (χ4n) is 6.35. The van der Waals surface area contributed by atoms with Gasteiger partial charge in [0.1, 0.15) is 5.82 Å². The van der Waals surface area contributed by atoms with Crippen LogP contribution in [0, 0.1) is 35.2 Å². The summed E-state index contributed by atoms with van der Waals surface area (Å²) in [5.41, 5.74) is 1.16. The van der Waals surface area contributed by atoms with Gasteiger partial charge in [-0.1, -0.05) is 24.1 Å². The van der Waals surface area contributed by atoms with Gasteiger partial charge in [-0.2, -0.15) is 10.2 Å². The second-order valence-electron chi connectivity index (χ2n) is 10.0. The van der Waals surface area contributed by atoms with Crippen LogP contribution < -0.4 is 4.90 Å². The van der Waals surface area contributed by atoms with Crippen LogP contribution in [0.15, 0.2) is 24.4 Å². The SMILES string of the molecule is Fc1ccc(C2CCCCn3nc(CC4[C@@H]5CC[C@H]4CN(c4cnnc(Cl)c4)C5)nc32)c(F)c1F. The number of fused-ring (bicyclic) bond motifs is 3. The molecule has 2 fully saturated rings. The first-order chi connectivity index (χ1) is 17.0. The van der Waals surface area contributed by atoms with Gasteiger partial charge in [0.25, 0.3) is 0 Å². The van der Waals surface area contributed by atoms with Crippen molar-refractivity contribution in [3.8, 4) is 0 Å². The molecular weight excluding hydrogens is 477 g/mol. The first kappa shape index (κ1) is 22.8. The van der Waals surface area contributed by atoms with Gasteiger partial charge in [0.05, 0.1) is 11.9 Å². The van der Waals surface area contributed by atoms with Crippen molar-refractivity contribution in [1.82, 2.24) is 25.0 Å². The largest absolute Gasteiger partial charge is 0.370 e. The van der Waals surface area contributed by atoms with E-state index in [1.807, 2.05) is 10.7 Å². The molecule has 0 spiro atoms. The van der Waals surface area contributed by atoms with E-state index < -0.39 is 23.4 Å². The Hall–Kier alpha value is -2.68. The van der Waals surface area contributed by atoms with Gasteiger partial charge in [-0.25, -0.2) is 22.8 Å². The van der Waals surface area contributed by atoms with E-state index in [1.54, 1.807) is 6.20 Å². The molecule has 0 amide bonds. The van der Waals surface area contributed by atoms with Crippen LogP contribution in [0.25, 0.3) is 0 Å². The average Bonchev–Trinajstić information content (AvgIpc) is 3.25. The van der Waals surface area contributed by atoms with Crippen LogP contribution in [0.3, 0.4) is 0 Å². The lowest BCUT2D eigenvalue weighted by molar-refractivity contribution is 0.265. The van der Waals surface area contributed by atoms with E-state index >= 15 is 0 Å². The molecule has 1 aromatic carbocycles. The van der Waals surface area contributed by atoms with Crippen LogP contribution in [0.4, 0.5) is 18.9 Å². The summed E-state index contributed by atoms with van der Waals surface area (Å²) >= 11 is 6.05. The third-order valence-electron chi connectivity index (χ3n) is 8.03. The first-order valence-electron chi connectivity index (χ1n) is 12.3. The van der Waals surface area contributed by atoms with E-state index in [9.17, 15) is 13.2 Å². The molecule has 3 aromatic rings. The first-order valence-corrected chi connectivity index (χ1v) is 12.7. The van der Waals surface area contributed by atoms with Gasteiger partial charge in [0.2, 0.25) is 0 Å². The molecular formula is C25H26ClF3N6. The Morgan fingerprint density at radius 2 is 1.80 bits per heavy atom. The predicted molar refractivity (Wildman–Crippen MR) is 125 cm³/mol. The topological polar surface area (TPSA) is 59.7 Å². The van der Waals surface area contributed by atoms with Crippen molar-refractivity contribution in [3.05, 3.63) is 64.2 Å². The van der Waals surface area contributed by atoms with Crippen LogP contribution in [-0.4, -0.2) is 38.1 Å². The lowest BCUT2D eigenvalue weighted by atomic mass is 9.82. The number of aryl methyl sites for hydroxylation is 1. The van der Waals surface area contributed by atoms with Crippen LogP contribution in [0.2, 0.25) is 5.15 Å². The number of hydrogen-bond acceptors (Lipinski definition) is 5. The Labute approximate surface area is 206 Å². The monoisotopic (exact) mass is 502 g/mol. The highest BCUT2D eigenvalue weighted by Gasteiger charge is 2.43. The van der Waals surface area contributed by atoms with E-state index in [2.05, 4.69) is 15.1 Å². The molecule has 4 atom stereocenters. The average molecular weight is 503 g/mol. The van der Waals surface area contributed by atoms with E-state index in [1.165, 1.54) is 6.07 Å². The van der Waals surface area contributed by atoms with Crippen LogP contribution in [0.5, 0.6) is 0 Å². The van der Waals surface area contributed by atoms with E-state index in [-0.39, 0.29) is 5.56 Å². The zero-order chi connectivity index (χ0) is 24.1. The number of anilines is 1. The standard InChI is InChI=1S/C25H26ClF3N6/c26-21-9-16(11-30-32-21)34-12-14-4-5-15(13-34)19(14)10-22-31-25-18(3-1-2-8-35(25)33-22)17-6-7-20(27)24(29)23(17)28/h6-7,9,11,14-15,18-19H,1-5,8,10,12-13H2/t14-,15+,18?,19?. The molecule has 2 unspecified atom stereocenters. The molecule has 2 aliphatic heterocycles. The number of hydrogen-bond donors (Lipinski definition) is 0. The Balaban J connectivity index is 1.24. The third kappa shape index (κ3) is 4.17. The highest BCUT2D eigenvalue weighted by molar-refractivity contribution is 6.29. The van der Waals surface area contributed by atoms with E-state index in [4.69, 9.17) is 21.7 Å². The van der Waals surface area contributed by atoms with Crippen LogP contribution in [-0.2, 0) is 13.0 Å². The maximum Gasteiger partial charge on any atom is 0.194 e. The van der Waals surface area contributed by atoms with Crippen molar-refractivity contribution in [2.45, 2.75) is 51.0 Å². The van der Waals surface area contributed by atoms with Crippen molar-refractivity contribution in [1.29, 1.82) is 0 Å². The highest BCUT2D eigenvalue weighted by Crippen LogP contribution is 2.45. The molecule has 1 saturated carbocycles. The fourth-order valence-corrected chi connectivity index (χ4v) is 6.51. The zero-order valence-electron chi connectivity index (χ0n) is 19.2. The van der Waals surface area contributed by atoms with Crippen molar-refractivity contribution >= 4 is 17.3 Å². The molecule has 6 rings (SSSR count). The Bertz CT molecular complexity index is 1240. The predicted octanol–water partition coefficient (Wildman–Crippen LogP) is 5.16. The molecule has 3 aliphatic rings. The minimum absolute atomic E-state index is 0.156. The molecule has 10 heteroatoms. The van der Waals surface area contributed by atoms with E-state index in [0.29, 0.717) is 41.7 Å². The van der Waals surface area contributed by atoms with Gasteiger partial charge in [0.15, 0.2) is 28.4 Å². The van der Waals surface area contributed by atoms with Crippen LogP contribution in [0.1, 0.15) is 55.2 Å². The quantitative estimate of drug-likeness (QED) is 0.461. The summed E-state index contributed by atoms with van der Waals surface area (Å²) in [6.45, 7) is 2.56. The maximum absolute atomic E-state index is 14.7. The van der Waals surface area contributed by atoms with Crippen molar-refractivity contribution in [2.75, 3.05) is 18.0 Å². The summed E-state index contributed by atoms with van der Waals surface area (Å²) in [6, 6.07) is 4.20. The summed E-state index contributed by atoms with van der Waals surface area (Å²) in [6.07, 6.45) is 7.22. The second kappa shape index (κ2) is 9.08. The molecule has 2 bridgehead atoms. The summed E-state index contributed by atoms with van der Waals surface area (Å²) < 4.78 is 44.1. The molecule has 184 valence electrons. The number of aromatic nitrogens is 5. The van der Waals surface area contributed by atoms with Gasteiger partial charge >= 0.3 is 0 Å². The minimum Gasteiger partial charge on any atom is -0.370 e. The Morgan fingerprint density at radius 1 is 1.00 bits per heavy atom. The molecule has 4 heterocycles. The van der Waals surface area contributed by atoms with E-state index in [0.717, 1.165) is 62.8 Å². The lowest BCUT2D eigenvalue weighted by Gasteiger charge is -2.38. The molecule has 1 aliphatic carbocycles. The molecule has 1 saturated heterocycles. The van der Waals surface area contributed by atoms with Gasteiger partial charge in [-0.3, -0.25) is 0 Å². The summed E-state index contributed by atoms with van der Waals surface area (Å²) in [5.74, 6) is -1.22. The van der Waals surface area contributed by atoms with Gasteiger partial charge in [-0.05, 0) is 49.5 Å². The Kier molecular flexibility index (Phi) is 5.90.